The number of aromatic nitrogens is 3. The Labute approximate surface area is 130 Å². The number of likely N-dealkylation sites (tertiary alicyclic amines) is 1. The summed E-state index contributed by atoms with van der Waals surface area (Å²) in [6.07, 6.45) is 5.34. The maximum atomic E-state index is 12.5. The second-order valence-electron chi connectivity index (χ2n) is 4.96. The minimum atomic E-state index is -0.963. The van der Waals surface area contributed by atoms with Crippen LogP contribution < -0.4 is 0 Å². The van der Waals surface area contributed by atoms with E-state index in [1.165, 1.54) is 16.2 Å². The molecule has 1 N–H and O–H groups in total. The van der Waals surface area contributed by atoms with Gasteiger partial charge in [-0.1, -0.05) is 0 Å². The van der Waals surface area contributed by atoms with Gasteiger partial charge in [0.1, 0.15) is 11.7 Å². The molecule has 3 rings (SSSR count). The molecular formula is C14H14N4O3S. The van der Waals surface area contributed by atoms with E-state index in [9.17, 15) is 14.7 Å². The lowest BCUT2D eigenvalue weighted by Crippen LogP contribution is -2.48. The lowest BCUT2D eigenvalue weighted by molar-refractivity contribution is -0.143. The molecule has 8 heteroatoms. The van der Waals surface area contributed by atoms with Gasteiger partial charge in [0.2, 0.25) is 0 Å². The van der Waals surface area contributed by atoms with E-state index >= 15 is 0 Å². The number of amides is 1. The van der Waals surface area contributed by atoms with Crippen molar-refractivity contribution in [3.8, 4) is 10.8 Å². The number of nitrogens with zero attached hydrogens (tertiary/aromatic N) is 4. The van der Waals surface area contributed by atoms with Crippen LogP contribution in [-0.4, -0.2) is 49.4 Å². The number of rotatable bonds is 3. The quantitative estimate of drug-likeness (QED) is 0.925. The van der Waals surface area contributed by atoms with Crippen LogP contribution in [0.1, 0.15) is 29.8 Å². The van der Waals surface area contributed by atoms with E-state index in [0.29, 0.717) is 23.8 Å². The fourth-order valence-corrected chi connectivity index (χ4v) is 3.20. The summed E-state index contributed by atoms with van der Waals surface area (Å²) in [7, 11) is 0. The molecule has 1 aliphatic rings. The fraction of sp³-hybridized carbons (Fsp3) is 0.357. The highest BCUT2D eigenvalue weighted by Gasteiger charge is 2.33. The summed E-state index contributed by atoms with van der Waals surface area (Å²) in [5.41, 5.74) is 0.251. The molecule has 114 valence electrons. The summed E-state index contributed by atoms with van der Waals surface area (Å²) >= 11 is 1.27. The predicted octanol–water partition coefficient (Wildman–Crippen LogP) is 1.68. The van der Waals surface area contributed by atoms with Crippen molar-refractivity contribution >= 4 is 23.2 Å². The fourth-order valence-electron chi connectivity index (χ4n) is 2.46. The summed E-state index contributed by atoms with van der Waals surface area (Å²) < 4.78 is 0. The molecule has 1 amide bonds. The van der Waals surface area contributed by atoms with Crippen LogP contribution >= 0.6 is 11.3 Å². The third kappa shape index (κ3) is 2.82. The number of thiazole rings is 1. The van der Waals surface area contributed by atoms with Gasteiger partial charge < -0.3 is 10.0 Å². The average Bonchev–Trinajstić information content (AvgIpc) is 3.05. The molecule has 22 heavy (non-hydrogen) atoms. The van der Waals surface area contributed by atoms with Gasteiger partial charge in [0, 0.05) is 24.3 Å². The molecular weight excluding hydrogens is 304 g/mol. The third-order valence-electron chi connectivity index (χ3n) is 3.53. The maximum Gasteiger partial charge on any atom is 0.326 e. The maximum absolute atomic E-state index is 12.5. The van der Waals surface area contributed by atoms with Crippen molar-refractivity contribution in [3.05, 3.63) is 29.5 Å². The van der Waals surface area contributed by atoms with Gasteiger partial charge in [-0.2, -0.15) is 0 Å². The Balaban J connectivity index is 1.83. The van der Waals surface area contributed by atoms with Crippen LogP contribution in [0.25, 0.3) is 10.8 Å². The van der Waals surface area contributed by atoms with Gasteiger partial charge >= 0.3 is 5.97 Å². The smallest absolute Gasteiger partial charge is 0.326 e. The van der Waals surface area contributed by atoms with E-state index in [1.807, 2.05) is 0 Å². The van der Waals surface area contributed by atoms with Gasteiger partial charge in [-0.3, -0.25) is 4.79 Å². The zero-order chi connectivity index (χ0) is 15.5. The number of aliphatic carboxylic acids is 1. The zero-order valence-electron chi connectivity index (χ0n) is 11.7. The highest BCUT2D eigenvalue weighted by molar-refractivity contribution is 7.13. The molecule has 1 aliphatic heterocycles. The second-order valence-corrected chi connectivity index (χ2v) is 5.82. The second kappa shape index (κ2) is 6.18. The van der Waals surface area contributed by atoms with E-state index in [-0.39, 0.29) is 11.6 Å². The highest BCUT2D eigenvalue weighted by atomic mass is 32.1. The molecule has 1 saturated heterocycles. The molecule has 2 aromatic heterocycles. The van der Waals surface area contributed by atoms with Crippen LogP contribution in [-0.2, 0) is 4.79 Å². The predicted molar refractivity (Wildman–Crippen MR) is 79.5 cm³/mol. The number of carboxylic acids is 1. The van der Waals surface area contributed by atoms with Crippen molar-refractivity contribution in [2.75, 3.05) is 6.54 Å². The van der Waals surface area contributed by atoms with E-state index in [2.05, 4.69) is 15.0 Å². The average molecular weight is 318 g/mol. The summed E-state index contributed by atoms with van der Waals surface area (Å²) in [4.78, 5) is 37.7. The molecule has 0 saturated carbocycles. The number of piperidine rings is 1. The summed E-state index contributed by atoms with van der Waals surface area (Å²) in [6.45, 7) is 0.449. The number of hydrogen-bond acceptors (Lipinski definition) is 6. The van der Waals surface area contributed by atoms with E-state index in [0.717, 1.165) is 12.8 Å². The van der Waals surface area contributed by atoms with Gasteiger partial charge in [0.25, 0.3) is 5.91 Å². The summed E-state index contributed by atoms with van der Waals surface area (Å²) in [6, 6.07) is 0.938. The van der Waals surface area contributed by atoms with Crippen LogP contribution in [0.4, 0.5) is 0 Å². The van der Waals surface area contributed by atoms with Crippen molar-refractivity contribution in [2.45, 2.75) is 25.3 Å². The lowest BCUT2D eigenvalue weighted by Gasteiger charge is -2.32. The summed E-state index contributed by atoms with van der Waals surface area (Å²) in [5, 5.41) is 11.4. The van der Waals surface area contributed by atoms with E-state index < -0.39 is 12.0 Å². The molecule has 0 aliphatic carbocycles. The van der Waals surface area contributed by atoms with E-state index in [1.54, 1.807) is 23.8 Å². The Hall–Kier alpha value is -2.35. The Morgan fingerprint density at radius 3 is 2.77 bits per heavy atom. The van der Waals surface area contributed by atoms with Crippen molar-refractivity contribution in [1.82, 2.24) is 19.9 Å². The van der Waals surface area contributed by atoms with Crippen molar-refractivity contribution in [3.63, 3.8) is 0 Å². The van der Waals surface area contributed by atoms with Gasteiger partial charge in [0.05, 0.1) is 0 Å². The minimum Gasteiger partial charge on any atom is -0.480 e. The number of carboxylic acid groups (broad SMARTS) is 1. The van der Waals surface area contributed by atoms with Crippen LogP contribution in [0.5, 0.6) is 0 Å². The molecule has 1 atom stereocenters. The first-order valence-corrected chi connectivity index (χ1v) is 7.81. The standard InChI is InChI=1S/C14H14N4O3S/c19-13(18-7-2-1-4-10(18)14(20)21)9-8-22-12(17-9)11-15-5-3-6-16-11/h3,5-6,8,10H,1-2,4,7H2,(H,20,21)/t10-/m1/s1. The first-order chi connectivity index (χ1) is 10.7. The van der Waals surface area contributed by atoms with E-state index in [4.69, 9.17) is 0 Å². The molecule has 0 unspecified atom stereocenters. The van der Waals surface area contributed by atoms with Crippen LogP contribution in [0.3, 0.4) is 0 Å². The molecule has 1 fully saturated rings. The highest BCUT2D eigenvalue weighted by Crippen LogP contribution is 2.23. The number of carbonyl (C=O) groups excluding carboxylic acids is 1. The largest absolute Gasteiger partial charge is 0.480 e. The molecule has 0 radical (unpaired) electrons. The van der Waals surface area contributed by atoms with Crippen LogP contribution in [0.2, 0.25) is 0 Å². The van der Waals surface area contributed by atoms with Crippen molar-refractivity contribution in [1.29, 1.82) is 0 Å². The topological polar surface area (TPSA) is 96.3 Å². The van der Waals surface area contributed by atoms with Crippen LogP contribution in [0, 0.1) is 0 Å². The van der Waals surface area contributed by atoms with Crippen molar-refractivity contribution in [2.24, 2.45) is 0 Å². The van der Waals surface area contributed by atoms with Gasteiger partial charge in [0.15, 0.2) is 10.8 Å². The lowest BCUT2D eigenvalue weighted by atomic mass is 10.0. The van der Waals surface area contributed by atoms with Gasteiger partial charge in [-0.15, -0.1) is 11.3 Å². The third-order valence-corrected chi connectivity index (χ3v) is 4.37. The van der Waals surface area contributed by atoms with Gasteiger partial charge in [-0.05, 0) is 25.3 Å². The molecule has 0 spiro atoms. The Morgan fingerprint density at radius 2 is 2.05 bits per heavy atom. The minimum absolute atomic E-state index is 0.251. The Bertz CT molecular complexity index is 688. The molecule has 0 aromatic carbocycles. The Kier molecular flexibility index (Phi) is 4.10. The number of carbonyl (C=O) groups is 2. The van der Waals surface area contributed by atoms with Gasteiger partial charge in [-0.25, -0.2) is 19.7 Å². The monoisotopic (exact) mass is 318 g/mol. The first-order valence-electron chi connectivity index (χ1n) is 6.93. The normalized spacial score (nSPS) is 18.2. The molecule has 7 nitrogen and oxygen atoms in total. The SMILES string of the molecule is O=C(O)[C@H]1CCCCN1C(=O)c1csc(-c2ncccn2)n1. The summed E-state index contributed by atoms with van der Waals surface area (Å²) in [5.74, 6) is -0.847. The Morgan fingerprint density at radius 1 is 1.27 bits per heavy atom. The molecule has 3 heterocycles. The first kappa shape index (κ1) is 14.6. The van der Waals surface area contributed by atoms with Crippen molar-refractivity contribution < 1.29 is 14.7 Å². The zero-order valence-corrected chi connectivity index (χ0v) is 12.5. The molecule has 0 bridgehead atoms. The molecule has 2 aromatic rings. The van der Waals surface area contributed by atoms with Crippen LogP contribution in [0.15, 0.2) is 23.8 Å². The number of hydrogen-bond donors (Lipinski definition) is 1.